The van der Waals surface area contributed by atoms with Crippen LogP contribution in [0.15, 0.2) is 30.5 Å². The second-order valence-electron chi connectivity index (χ2n) is 3.68. The first-order chi connectivity index (χ1) is 7.88. The number of alkyl halides is 3. The predicted molar refractivity (Wildman–Crippen MR) is 58.1 cm³/mol. The van der Waals surface area contributed by atoms with E-state index in [1.54, 1.807) is 23.9 Å². The Morgan fingerprint density at radius 2 is 2.00 bits per heavy atom. The molecule has 0 fully saturated rings. The van der Waals surface area contributed by atoms with Gasteiger partial charge in [0.05, 0.1) is 5.56 Å². The molecule has 90 valence electrons. The molecule has 2 aromatic rings. The number of anilines is 1. The first kappa shape index (κ1) is 11.5. The van der Waals surface area contributed by atoms with E-state index in [-0.39, 0.29) is 5.82 Å². The van der Waals surface area contributed by atoms with Crippen molar-refractivity contribution in [3.05, 3.63) is 36.0 Å². The average molecular weight is 241 g/mol. The van der Waals surface area contributed by atoms with Crippen LogP contribution in [0.4, 0.5) is 19.0 Å². The summed E-state index contributed by atoms with van der Waals surface area (Å²) >= 11 is 0. The van der Waals surface area contributed by atoms with E-state index in [1.165, 1.54) is 6.07 Å². The van der Waals surface area contributed by atoms with Crippen molar-refractivity contribution in [2.75, 3.05) is 5.73 Å². The van der Waals surface area contributed by atoms with Crippen LogP contribution < -0.4 is 5.73 Å². The summed E-state index contributed by atoms with van der Waals surface area (Å²) < 4.78 is 39.2. The first-order valence-corrected chi connectivity index (χ1v) is 4.84. The number of benzene rings is 1. The summed E-state index contributed by atoms with van der Waals surface area (Å²) in [6.45, 7) is 0. The number of nitrogen functional groups attached to an aromatic ring is 1. The fourth-order valence-electron chi connectivity index (χ4n) is 1.59. The highest BCUT2D eigenvalue weighted by Crippen LogP contribution is 2.31. The van der Waals surface area contributed by atoms with Gasteiger partial charge in [0.1, 0.15) is 11.6 Å². The van der Waals surface area contributed by atoms with Gasteiger partial charge in [-0.25, -0.2) is 4.98 Å². The summed E-state index contributed by atoms with van der Waals surface area (Å²) in [4.78, 5) is 3.98. The Morgan fingerprint density at radius 3 is 2.53 bits per heavy atom. The van der Waals surface area contributed by atoms with Crippen LogP contribution in [0.2, 0.25) is 0 Å². The van der Waals surface area contributed by atoms with E-state index in [2.05, 4.69) is 4.98 Å². The smallest absolute Gasteiger partial charge is 0.382 e. The molecule has 0 saturated heterocycles. The molecule has 0 aliphatic heterocycles. The molecule has 0 aliphatic carbocycles. The van der Waals surface area contributed by atoms with Crippen LogP contribution in [0.1, 0.15) is 5.56 Å². The molecule has 0 bridgehead atoms. The minimum absolute atomic E-state index is 0.278. The van der Waals surface area contributed by atoms with Gasteiger partial charge < -0.3 is 10.3 Å². The van der Waals surface area contributed by atoms with Crippen LogP contribution in [-0.2, 0) is 13.2 Å². The molecule has 1 aromatic carbocycles. The van der Waals surface area contributed by atoms with Crippen molar-refractivity contribution in [2.24, 2.45) is 7.05 Å². The minimum atomic E-state index is -4.35. The van der Waals surface area contributed by atoms with E-state index < -0.39 is 11.7 Å². The molecule has 3 nitrogen and oxygen atoms in total. The molecule has 1 aromatic heterocycles. The quantitative estimate of drug-likeness (QED) is 0.834. The number of aryl methyl sites for hydroxylation is 1. The topological polar surface area (TPSA) is 43.8 Å². The van der Waals surface area contributed by atoms with E-state index in [0.717, 1.165) is 12.1 Å². The lowest BCUT2D eigenvalue weighted by Crippen LogP contribution is -2.05. The largest absolute Gasteiger partial charge is 0.416 e. The molecular weight excluding hydrogens is 231 g/mol. The second kappa shape index (κ2) is 3.80. The highest BCUT2D eigenvalue weighted by atomic mass is 19.4. The van der Waals surface area contributed by atoms with Crippen LogP contribution in [-0.4, -0.2) is 9.55 Å². The highest BCUT2D eigenvalue weighted by Gasteiger charge is 2.30. The van der Waals surface area contributed by atoms with E-state index >= 15 is 0 Å². The lowest BCUT2D eigenvalue weighted by Gasteiger charge is -2.08. The third-order valence-corrected chi connectivity index (χ3v) is 2.34. The molecule has 0 saturated carbocycles. The maximum atomic E-state index is 12.5. The van der Waals surface area contributed by atoms with Crippen LogP contribution in [0, 0.1) is 0 Å². The van der Waals surface area contributed by atoms with Gasteiger partial charge in [-0.3, -0.25) is 0 Å². The van der Waals surface area contributed by atoms with Gasteiger partial charge in [-0.2, -0.15) is 13.2 Å². The van der Waals surface area contributed by atoms with E-state index in [1.807, 2.05) is 0 Å². The number of hydrogen-bond donors (Lipinski definition) is 1. The summed E-state index contributed by atoms with van der Waals surface area (Å²) in [6, 6.07) is 5.00. The average Bonchev–Trinajstić information content (AvgIpc) is 2.57. The highest BCUT2D eigenvalue weighted by molar-refractivity contribution is 5.59. The zero-order valence-corrected chi connectivity index (χ0v) is 8.99. The fourth-order valence-corrected chi connectivity index (χ4v) is 1.59. The Morgan fingerprint density at radius 1 is 1.29 bits per heavy atom. The second-order valence-corrected chi connectivity index (χ2v) is 3.68. The molecule has 17 heavy (non-hydrogen) atoms. The molecule has 0 amide bonds. The molecule has 0 radical (unpaired) electrons. The van der Waals surface area contributed by atoms with Crippen molar-refractivity contribution in [1.82, 2.24) is 9.55 Å². The van der Waals surface area contributed by atoms with Crippen molar-refractivity contribution in [3.63, 3.8) is 0 Å². The lowest BCUT2D eigenvalue weighted by atomic mass is 10.1. The van der Waals surface area contributed by atoms with Gasteiger partial charge >= 0.3 is 6.18 Å². The summed E-state index contributed by atoms with van der Waals surface area (Å²) in [5, 5.41) is 0. The number of hydrogen-bond acceptors (Lipinski definition) is 2. The van der Waals surface area contributed by atoms with Crippen LogP contribution in [0.3, 0.4) is 0 Å². The normalized spacial score (nSPS) is 11.8. The summed E-state index contributed by atoms with van der Waals surface area (Å²) in [7, 11) is 1.68. The van der Waals surface area contributed by atoms with Crippen molar-refractivity contribution >= 4 is 5.82 Å². The molecule has 1 heterocycles. The van der Waals surface area contributed by atoms with E-state index in [0.29, 0.717) is 11.4 Å². The Kier molecular flexibility index (Phi) is 2.57. The zero-order valence-electron chi connectivity index (χ0n) is 8.99. The molecule has 0 spiro atoms. The first-order valence-electron chi connectivity index (χ1n) is 4.84. The lowest BCUT2D eigenvalue weighted by molar-refractivity contribution is -0.137. The van der Waals surface area contributed by atoms with Gasteiger partial charge in [0.2, 0.25) is 0 Å². The fraction of sp³-hybridized carbons (Fsp3) is 0.182. The van der Waals surface area contributed by atoms with Gasteiger partial charge in [0.15, 0.2) is 0 Å². The minimum Gasteiger partial charge on any atom is -0.382 e. The van der Waals surface area contributed by atoms with Gasteiger partial charge in [0.25, 0.3) is 0 Å². The molecule has 0 unspecified atom stereocenters. The van der Waals surface area contributed by atoms with Crippen molar-refractivity contribution < 1.29 is 13.2 Å². The summed E-state index contributed by atoms with van der Waals surface area (Å²) in [5.74, 6) is 0.688. The Hall–Kier alpha value is -1.98. The standard InChI is InChI=1S/C11H10F3N3/c1-17-6-9(15)16-10(17)7-3-2-4-8(5-7)11(12,13)14/h2-6H,15H2,1H3. The Bertz CT molecular complexity index is 543. The molecular formula is C11H10F3N3. The predicted octanol–water partition coefficient (Wildman–Crippen LogP) is 2.69. The number of imidazole rings is 1. The monoisotopic (exact) mass is 241 g/mol. The van der Waals surface area contributed by atoms with E-state index in [4.69, 9.17) is 5.73 Å². The van der Waals surface area contributed by atoms with Gasteiger partial charge in [-0.1, -0.05) is 12.1 Å². The Balaban J connectivity index is 2.50. The SMILES string of the molecule is Cn1cc(N)nc1-c1cccc(C(F)(F)F)c1. The summed E-state index contributed by atoms with van der Waals surface area (Å²) in [6.07, 6.45) is -2.80. The Labute approximate surface area is 95.7 Å². The number of nitrogens with two attached hydrogens (primary N) is 1. The molecule has 0 aliphatic rings. The molecule has 2 N–H and O–H groups in total. The number of halogens is 3. The van der Waals surface area contributed by atoms with Crippen molar-refractivity contribution in [2.45, 2.75) is 6.18 Å². The van der Waals surface area contributed by atoms with Crippen LogP contribution in [0.25, 0.3) is 11.4 Å². The van der Waals surface area contributed by atoms with Crippen LogP contribution >= 0.6 is 0 Å². The molecule has 0 atom stereocenters. The third-order valence-electron chi connectivity index (χ3n) is 2.34. The molecule has 6 heteroatoms. The van der Waals surface area contributed by atoms with Gasteiger partial charge in [-0.05, 0) is 12.1 Å². The number of rotatable bonds is 1. The molecule has 2 rings (SSSR count). The van der Waals surface area contributed by atoms with Gasteiger partial charge in [-0.15, -0.1) is 0 Å². The number of nitrogens with zero attached hydrogens (tertiary/aromatic N) is 2. The van der Waals surface area contributed by atoms with E-state index in [9.17, 15) is 13.2 Å². The maximum Gasteiger partial charge on any atom is 0.416 e. The third kappa shape index (κ3) is 2.25. The van der Waals surface area contributed by atoms with Crippen LogP contribution in [0.5, 0.6) is 0 Å². The maximum absolute atomic E-state index is 12.5. The van der Waals surface area contributed by atoms with Crippen molar-refractivity contribution in [1.29, 1.82) is 0 Å². The number of aromatic nitrogens is 2. The summed E-state index contributed by atoms with van der Waals surface area (Å²) in [5.41, 5.74) is 5.18. The van der Waals surface area contributed by atoms with Gasteiger partial charge in [0, 0.05) is 18.8 Å². The van der Waals surface area contributed by atoms with Crippen molar-refractivity contribution in [3.8, 4) is 11.4 Å². The zero-order chi connectivity index (χ0) is 12.6.